The van der Waals surface area contributed by atoms with Gasteiger partial charge in [0, 0.05) is 0 Å². The summed E-state index contributed by atoms with van der Waals surface area (Å²) in [4.78, 5) is 30.4. The first kappa shape index (κ1) is 23.5. The molecule has 0 saturated carbocycles. The number of benzene rings is 2. The van der Waals surface area contributed by atoms with Crippen LogP contribution in [0.5, 0.6) is 0 Å². The first-order valence-electron chi connectivity index (χ1n) is 10.2. The molecule has 30 heavy (non-hydrogen) atoms. The summed E-state index contributed by atoms with van der Waals surface area (Å²) in [6, 6.07) is 20.0. The maximum atomic E-state index is 13.2. The SMILES string of the molecule is CCC(=O)N(c1ccccc1)C1(C(=O)O[I-]I)CCN(CCc2ccccc2)CC1. The molecule has 0 spiro atoms. The predicted molar refractivity (Wildman–Crippen MR) is 123 cm³/mol. The van der Waals surface area contributed by atoms with E-state index < -0.39 is 23.2 Å². The molecular weight excluding hydrogens is 606 g/mol. The molecule has 7 heteroatoms. The molecule has 1 saturated heterocycles. The van der Waals surface area contributed by atoms with E-state index in [4.69, 9.17) is 3.07 Å². The number of likely N-dealkylation sites (tertiary alicyclic amines) is 1. The third-order valence-corrected chi connectivity index (χ3v) is 7.40. The molecule has 3 rings (SSSR count). The number of hydrogen-bond acceptors (Lipinski definition) is 4. The van der Waals surface area contributed by atoms with Crippen molar-refractivity contribution in [1.29, 1.82) is 0 Å². The van der Waals surface area contributed by atoms with E-state index in [1.54, 1.807) is 4.90 Å². The number of nitrogens with zero attached hydrogens (tertiary/aromatic N) is 2. The molecule has 1 aliphatic rings. The number of piperidine rings is 1. The van der Waals surface area contributed by atoms with Gasteiger partial charge >= 0.3 is 200 Å². The monoisotopic (exact) mass is 633 g/mol. The Labute approximate surface area is 199 Å². The molecule has 0 aliphatic carbocycles. The van der Waals surface area contributed by atoms with Gasteiger partial charge in [-0.15, -0.1) is 0 Å². The first-order valence-corrected chi connectivity index (χ1v) is 17.4. The molecule has 162 valence electrons. The first-order chi connectivity index (χ1) is 14.6. The summed E-state index contributed by atoms with van der Waals surface area (Å²) in [7, 11) is 0. The van der Waals surface area contributed by atoms with Gasteiger partial charge in [0.25, 0.3) is 0 Å². The van der Waals surface area contributed by atoms with Crippen molar-refractivity contribution in [3.8, 4) is 0 Å². The summed E-state index contributed by atoms with van der Waals surface area (Å²) in [6.45, 7) is 4.32. The number of amides is 1. The number of rotatable bonds is 8. The molecular formula is C23H27I2N2O3-. The van der Waals surface area contributed by atoms with Crippen LogP contribution in [0.25, 0.3) is 0 Å². The van der Waals surface area contributed by atoms with Gasteiger partial charge < -0.3 is 0 Å². The van der Waals surface area contributed by atoms with Crippen molar-refractivity contribution in [2.24, 2.45) is 0 Å². The third kappa shape index (κ3) is 5.53. The third-order valence-electron chi connectivity index (χ3n) is 5.72. The Morgan fingerprint density at radius 2 is 1.67 bits per heavy atom. The molecule has 1 fully saturated rings. The number of hydrogen-bond donors (Lipinski definition) is 0. The van der Waals surface area contributed by atoms with Crippen LogP contribution in [0.4, 0.5) is 5.69 Å². The van der Waals surface area contributed by atoms with Crippen LogP contribution in [0.2, 0.25) is 0 Å². The van der Waals surface area contributed by atoms with Gasteiger partial charge in [0.1, 0.15) is 0 Å². The molecule has 0 N–H and O–H groups in total. The minimum absolute atomic E-state index is 0.0393. The van der Waals surface area contributed by atoms with Crippen molar-refractivity contribution >= 4 is 36.2 Å². The molecule has 0 radical (unpaired) electrons. The number of carbonyl (C=O) groups excluding carboxylic acids is 2. The molecule has 0 bridgehead atoms. The fourth-order valence-corrected chi connectivity index (χ4v) is 5.64. The average molecular weight is 633 g/mol. The Balaban J connectivity index is 1.80. The van der Waals surface area contributed by atoms with Gasteiger partial charge in [-0.1, -0.05) is 0 Å². The summed E-state index contributed by atoms with van der Waals surface area (Å²) in [6.07, 6.45) is 2.50. The Bertz CT molecular complexity index is 825. The molecule has 0 unspecified atom stereocenters. The molecule has 1 amide bonds. The van der Waals surface area contributed by atoms with E-state index in [9.17, 15) is 9.59 Å². The van der Waals surface area contributed by atoms with Crippen LogP contribution in [0.1, 0.15) is 31.7 Å². The predicted octanol–water partition coefficient (Wildman–Crippen LogP) is 1.40. The fraction of sp³-hybridized carbons (Fsp3) is 0.391. The summed E-state index contributed by atoms with van der Waals surface area (Å²) in [5.41, 5.74) is 1.16. The zero-order valence-electron chi connectivity index (χ0n) is 17.1. The second kappa shape index (κ2) is 11.4. The van der Waals surface area contributed by atoms with Gasteiger partial charge in [0.2, 0.25) is 0 Å². The van der Waals surface area contributed by atoms with Crippen LogP contribution in [-0.2, 0) is 19.1 Å². The molecule has 1 aliphatic heterocycles. The normalized spacial score (nSPS) is 16.2. The van der Waals surface area contributed by atoms with Crippen molar-refractivity contribution in [1.82, 2.24) is 4.90 Å². The van der Waals surface area contributed by atoms with Crippen molar-refractivity contribution < 1.29 is 30.3 Å². The van der Waals surface area contributed by atoms with Crippen LogP contribution in [0.15, 0.2) is 60.7 Å². The van der Waals surface area contributed by atoms with Gasteiger partial charge in [-0.2, -0.15) is 0 Å². The van der Waals surface area contributed by atoms with Crippen molar-refractivity contribution in [3.05, 3.63) is 66.2 Å². The average Bonchev–Trinajstić information content (AvgIpc) is 2.80. The molecule has 0 atom stereocenters. The van der Waals surface area contributed by atoms with E-state index in [-0.39, 0.29) is 11.9 Å². The van der Waals surface area contributed by atoms with Crippen LogP contribution >= 0.6 is 18.6 Å². The Kier molecular flexibility index (Phi) is 8.94. The van der Waals surface area contributed by atoms with E-state index in [2.05, 4.69) is 47.8 Å². The van der Waals surface area contributed by atoms with Crippen LogP contribution in [-0.4, -0.2) is 41.9 Å². The summed E-state index contributed by atoms with van der Waals surface area (Å²) in [5, 5.41) is 0. The van der Waals surface area contributed by atoms with Crippen molar-refractivity contribution in [3.63, 3.8) is 0 Å². The number of carbonyl (C=O) groups is 2. The number of halogens is 2. The molecule has 0 aromatic heterocycles. The fourth-order valence-electron chi connectivity index (χ4n) is 4.06. The zero-order chi connectivity index (χ0) is 21.4. The van der Waals surface area contributed by atoms with Crippen LogP contribution in [0, 0.1) is 0 Å². The second-order valence-electron chi connectivity index (χ2n) is 7.45. The summed E-state index contributed by atoms with van der Waals surface area (Å²) < 4.78 is 5.59. The Hall–Kier alpha value is -1.20. The van der Waals surface area contributed by atoms with Gasteiger partial charge in [0.15, 0.2) is 0 Å². The van der Waals surface area contributed by atoms with E-state index >= 15 is 0 Å². The van der Waals surface area contributed by atoms with Crippen LogP contribution in [0.3, 0.4) is 0 Å². The zero-order valence-corrected chi connectivity index (χ0v) is 21.4. The van der Waals surface area contributed by atoms with E-state index in [0.717, 1.165) is 31.7 Å². The Morgan fingerprint density at radius 1 is 1.07 bits per heavy atom. The van der Waals surface area contributed by atoms with Gasteiger partial charge in [-0.05, 0) is 0 Å². The maximum absolute atomic E-state index is 13.2. The van der Waals surface area contributed by atoms with Crippen LogP contribution < -0.4 is 22.5 Å². The number of anilines is 1. The molecule has 2 aromatic carbocycles. The van der Waals surface area contributed by atoms with Gasteiger partial charge in [-0.25, -0.2) is 0 Å². The molecule has 5 nitrogen and oxygen atoms in total. The van der Waals surface area contributed by atoms with E-state index in [1.165, 1.54) is 5.56 Å². The standard InChI is InChI=1S/C23H27I2N2O3/c1-2-21(28)27(20-11-7-4-8-12-20)23(22(29)30-25-24)14-17-26(18-15-23)16-13-19-9-5-3-6-10-19/h3-12H,2,13-18H2,1H3/q-1. The summed E-state index contributed by atoms with van der Waals surface area (Å²) in [5.74, 6) is -0.291. The number of para-hydroxylation sites is 1. The Morgan fingerprint density at radius 3 is 2.23 bits per heavy atom. The quantitative estimate of drug-likeness (QED) is 0.413. The molecule has 2 aromatic rings. The van der Waals surface area contributed by atoms with Gasteiger partial charge in [-0.3, -0.25) is 0 Å². The molecule has 1 heterocycles. The topological polar surface area (TPSA) is 49.9 Å². The second-order valence-corrected chi connectivity index (χ2v) is 10.5. The van der Waals surface area contributed by atoms with E-state index in [0.29, 0.717) is 19.3 Å². The summed E-state index contributed by atoms with van der Waals surface area (Å²) >= 11 is 1.45. The minimum atomic E-state index is -0.928. The van der Waals surface area contributed by atoms with Crippen molar-refractivity contribution in [2.45, 2.75) is 38.1 Å². The van der Waals surface area contributed by atoms with Gasteiger partial charge in [0.05, 0.1) is 0 Å². The van der Waals surface area contributed by atoms with Crippen molar-refractivity contribution in [2.75, 3.05) is 24.5 Å². The van der Waals surface area contributed by atoms with E-state index in [1.807, 2.05) is 43.3 Å².